The molecule has 98 valence electrons. The van der Waals surface area contributed by atoms with Gasteiger partial charge in [-0.2, -0.15) is 0 Å². The molecule has 0 bridgehead atoms. The Morgan fingerprint density at radius 2 is 1.37 bits per heavy atom. The minimum absolute atomic E-state index is 0.0234. The monoisotopic (exact) mass is 334 g/mol. The zero-order valence-electron chi connectivity index (χ0n) is 9.24. The summed E-state index contributed by atoms with van der Waals surface area (Å²) >= 11 is 23.6. The van der Waals surface area contributed by atoms with Gasteiger partial charge in [0.1, 0.15) is 22.1 Å². The third kappa shape index (κ3) is 3.12. The Labute approximate surface area is 129 Å². The van der Waals surface area contributed by atoms with Crippen molar-refractivity contribution in [3.8, 4) is 5.75 Å². The Balaban J connectivity index is 2.38. The fraction of sp³-hybridized carbons (Fsp3) is 0. The summed E-state index contributed by atoms with van der Waals surface area (Å²) in [6, 6.07) is 7.88. The highest BCUT2D eigenvalue weighted by Crippen LogP contribution is 2.39. The molecule has 0 atom stereocenters. The molecule has 7 heteroatoms. The minimum Gasteiger partial charge on any atom is -0.506 e. The van der Waals surface area contributed by atoms with E-state index in [2.05, 4.69) is 10.2 Å². The van der Waals surface area contributed by atoms with Crippen LogP contribution in [0.1, 0.15) is 0 Å². The van der Waals surface area contributed by atoms with Gasteiger partial charge in [0.15, 0.2) is 0 Å². The molecular weight excluding hydrogens is 330 g/mol. The first-order valence-corrected chi connectivity index (χ1v) is 6.54. The van der Waals surface area contributed by atoms with E-state index in [0.29, 0.717) is 21.4 Å². The van der Waals surface area contributed by atoms with Gasteiger partial charge < -0.3 is 5.11 Å². The van der Waals surface area contributed by atoms with Gasteiger partial charge in [0.05, 0.1) is 15.1 Å². The summed E-state index contributed by atoms with van der Waals surface area (Å²) in [5.74, 6) is -0.119. The predicted octanol–water partition coefficient (Wildman–Crippen LogP) is 6.42. The lowest BCUT2D eigenvalue weighted by Crippen LogP contribution is -1.73. The fourth-order valence-electron chi connectivity index (χ4n) is 1.28. The third-order valence-electron chi connectivity index (χ3n) is 2.24. The summed E-state index contributed by atoms with van der Waals surface area (Å²) in [6.07, 6.45) is 0. The lowest BCUT2D eigenvalue weighted by atomic mass is 10.3. The van der Waals surface area contributed by atoms with Crippen molar-refractivity contribution >= 4 is 57.8 Å². The van der Waals surface area contributed by atoms with Crippen molar-refractivity contribution in [2.45, 2.75) is 0 Å². The number of nitrogens with zero attached hydrogens (tertiary/aromatic N) is 2. The summed E-state index contributed by atoms with van der Waals surface area (Å²) in [7, 11) is 0. The number of phenolic OH excluding ortho intramolecular Hbond substituents is 1. The van der Waals surface area contributed by atoms with Crippen LogP contribution in [0.4, 0.5) is 11.4 Å². The summed E-state index contributed by atoms with van der Waals surface area (Å²) in [4.78, 5) is 0. The molecule has 0 unspecified atom stereocenters. The SMILES string of the molecule is Oc1ccc(N=Nc2cccc(Cl)c2Cl)c(Cl)c1Cl. The molecule has 0 fully saturated rings. The smallest absolute Gasteiger partial charge is 0.135 e. The van der Waals surface area contributed by atoms with Crippen LogP contribution in [-0.4, -0.2) is 5.11 Å². The number of phenols is 1. The Kier molecular flexibility index (Phi) is 4.53. The van der Waals surface area contributed by atoms with Gasteiger partial charge in [0.25, 0.3) is 0 Å². The van der Waals surface area contributed by atoms with Gasteiger partial charge in [0, 0.05) is 0 Å². The van der Waals surface area contributed by atoms with E-state index < -0.39 is 0 Å². The van der Waals surface area contributed by atoms with Gasteiger partial charge >= 0.3 is 0 Å². The maximum atomic E-state index is 9.36. The molecule has 0 heterocycles. The van der Waals surface area contributed by atoms with Crippen molar-refractivity contribution in [1.82, 2.24) is 0 Å². The zero-order valence-corrected chi connectivity index (χ0v) is 12.3. The van der Waals surface area contributed by atoms with Gasteiger partial charge in [-0.3, -0.25) is 0 Å². The minimum atomic E-state index is -0.119. The second-order valence-electron chi connectivity index (χ2n) is 3.50. The van der Waals surface area contributed by atoms with E-state index in [1.54, 1.807) is 18.2 Å². The highest BCUT2D eigenvalue weighted by Gasteiger charge is 2.09. The van der Waals surface area contributed by atoms with Crippen LogP contribution < -0.4 is 0 Å². The maximum Gasteiger partial charge on any atom is 0.135 e. The van der Waals surface area contributed by atoms with Gasteiger partial charge in [-0.05, 0) is 24.3 Å². The van der Waals surface area contributed by atoms with Crippen LogP contribution in [0, 0.1) is 0 Å². The van der Waals surface area contributed by atoms with E-state index in [-0.39, 0.29) is 15.8 Å². The molecule has 0 aliphatic rings. The van der Waals surface area contributed by atoms with Gasteiger partial charge in [-0.1, -0.05) is 52.5 Å². The van der Waals surface area contributed by atoms with Crippen molar-refractivity contribution < 1.29 is 5.11 Å². The topological polar surface area (TPSA) is 45.0 Å². The van der Waals surface area contributed by atoms with Crippen molar-refractivity contribution in [3.05, 3.63) is 50.4 Å². The quantitative estimate of drug-likeness (QED) is 0.632. The number of hydrogen-bond acceptors (Lipinski definition) is 3. The molecule has 0 aliphatic heterocycles. The summed E-state index contributed by atoms with van der Waals surface area (Å²) in [5, 5.41) is 18.1. The van der Waals surface area contributed by atoms with Crippen molar-refractivity contribution in [3.63, 3.8) is 0 Å². The first kappa shape index (κ1) is 14.4. The summed E-state index contributed by atoms with van der Waals surface area (Å²) in [6.45, 7) is 0. The highest BCUT2D eigenvalue weighted by molar-refractivity contribution is 6.44. The number of benzene rings is 2. The van der Waals surface area contributed by atoms with Crippen molar-refractivity contribution in [1.29, 1.82) is 0 Å². The van der Waals surface area contributed by atoms with Crippen LogP contribution >= 0.6 is 46.4 Å². The third-order valence-corrected chi connectivity index (χ3v) is 3.91. The van der Waals surface area contributed by atoms with Crippen LogP contribution in [0.5, 0.6) is 5.75 Å². The van der Waals surface area contributed by atoms with Crippen LogP contribution in [0.15, 0.2) is 40.6 Å². The molecule has 0 amide bonds. The Bertz CT molecular complexity index is 658. The lowest BCUT2D eigenvalue weighted by molar-refractivity contribution is 0.475. The first-order valence-electron chi connectivity index (χ1n) is 5.03. The molecule has 0 radical (unpaired) electrons. The average molecular weight is 336 g/mol. The van der Waals surface area contributed by atoms with Crippen molar-refractivity contribution in [2.75, 3.05) is 0 Å². The zero-order chi connectivity index (χ0) is 14.0. The fourth-order valence-corrected chi connectivity index (χ4v) is 1.97. The van der Waals surface area contributed by atoms with E-state index in [1.807, 2.05) is 0 Å². The molecule has 0 saturated carbocycles. The van der Waals surface area contributed by atoms with E-state index in [9.17, 15) is 5.11 Å². The maximum absolute atomic E-state index is 9.36. The predicted molar refractivity (Wildman–Crippen MR) is 78.8 cm³/mol. The molecule has 2 rings (SSSR count). The van der Waals surface area contributed by atoms with E-state index >= 15 is 0 Å². The summed E-state index contributed by atoms with van der Waals surface area (Å²) < 4.78 is 0. The molecular formula is C12H6Cl4N2O. The second-order valence-corrected chi connectivity index (χ2v) is 5.05. The van der Waals surface area contributed by atoms with Crippen molar-refractivity contribution in [2.24, 2.45) is 10.2 Å². The Morgan fingerprint density at radius 1 is 0.737 bits per heavy atom. The number of halogens is 4. The summed E-state index contributed by atoms with van der Waals surface area (Å²) in [5.41, 5.74) is 0.731. The normalized spacial score (nSPS) is 11.2. The first-order chi connectivity index (χ1) is 9.00. The molecule has 0 spiro atoms. The van der Waals surface area contributed by atoms with Crippen LogP contribution in [0.2, 0.25) is 20.1 Å². The molecule has 2 aromatic carbocycles. The molecule has 3 nitrogen and oxygen atoms in total. The molecule has 0 aliphatic carbocycles. The van der Waals surface area contributed by atoms with Gasteiger partial charge in [0.2, 0.25) is 0 Å². The Morgan fingerprint density at radius 3 is 2.05 bits per heavy atom. The van der Waals surface area contributed by atoms with E-state index in [1.165, 1.54) is 12.1 Å². The van der Waals surface area contributed by atoms with Crippen LogP contribution in [0.25, 0.3) is 0 Å². The number of aromatic hydroxyl groups is 1. The van der Waals surface area contributed by atoms with Gasteiger partial charge in [-0.15, -0.1) is 10.2 Å². The average Bonchev–Trinajstić information content (AvgIpc) is 2.40. The van der Waals surface area contributed by atoms with E-state index in [4.69, 9.17) is 46.4 Å². The molecule has 0 aromatic heterocycles. The van der Waals surface area contributed by atoms with Crippen LogP contribution in [-0.2, 0) is 0 Å². The molecule has 2 aromatic rings. The largest absolute Gasteiger partial charge is 0.506 e. The molecule has 0 saturated heterocycles. The second kappa shape index (κ2) is 5.97. The molecule has 1 N–H and O–H groups in total. The lowest BCUT2D eigenvalue weighted by Gasteiger charge is -2.02. The number of rotatable bonds is 2. The van der Waals surface area contributed by atoms with E-state index in [0.717, 1.165) is 0 Å². The highest BCUT2D eigenvalue weighted by atomic mass is 35.5. The standard InChI is InChI=1S/C12H6Cl4N2O/c13-6-2-1-3-7(10(6)14)17-18-8-4-5-9(19)12(16)11(8)15/h1-5,19H. The number of hydrogen-bond donors (Lipinski definition) is 1. The van der Waals surface area contributed by atoms with Crippen LogP contribution in [0.3, 0.4) is 0 Å². The molecule has 19 heavy (non-hydrogen) atoms. The Hall–Kier alpha value is -1.000. The number of azo groups is 1. The van der Waals surface area contributed by atoms with Gasteiger partial charge in [-0.25, -0.2) is 0 Å².